The first-order valence-electron chi connectivity index (χ1n) is 9.71. The molecule has 31 heavy (non-hydrogen) atoms. The van der Waals surface area contributed by atoms with Crippen LogP contribution in [0.3, 0.4) is 0 Å². The fourth-order valence-electron chi connectivity index (χ4n) is 3.98. The fourth-order valence-corrected chi connectivity index (χ4v) is 4.33. The van der Waals surface area contributed by atoms with Crippen LogP contribution in [0.25, 0.3) is 0 Å². The lowest BCUT2D eigenvalue weighted by atomic mass is 9.62. The summed E-state index contributed by atoms with van der Waals surface area (Å²) in [6, 6.07) is 27.4. The van der Waals surface area contributed by atoms with Gasteiger partial charge in [0.1, 0.15) is 11.5 Å². The number of ether oxygens (including phenoxy) is 2. The first-order valence-corrected chi connectivity index (χ1v) is 11.0. The van der Waals surface area contributed by atoms with Crippen molar-refractivity contribution in [2.45, 2.75) is 5.41 Å². The van der Waals surface area contributed by atoms with Gasteiger partial charge in [-0.25, -0.2) is 5.09 Å². The number of benzene rings is 3. The van der Waals surface area contributed by atoms with Gasteiger partial charge in [-0.05, 0) is 41.0 Å². The zero-order valence-electron chi connectivity index (χ0n) is 17.4. The molecule has 0 radical (unpaired) electrons. The molecule has 0 saturated heterocycles. The molecule has 0 aromatic heterocycles. The number of methoxy groups -OCH3 is 2. The van der Waals surface area contributed by atoms with Crippen LogP contribution in [-0.2, 0) is 5.41 Å². The minimum Gasteiger partial charge on any atom is -0.497 e. The first kappa shape index (κ1) is 22.7. The molecule has 0 bridgehead atoms. The Kier molecular flexibility index (Phi) is 7.62. The standard InChI is InChI=1S/C24H25N2O4P/c1-29-22-12-8-19(9-13-22)24(18-6-4-3-5-7-18,21(16-25)17-26-31(27)28)20-10-14-23(30-2)15-11-20/h3-15,21,26-28H,17H2,1-2H3. The van der Waals surface area contributed by atoms with Crippen LogP contribution in [0.4, 0.5) is 0 Å². The Morgan fingerprint density at radius 3 is 1.68 bits per heavy atom. The van der Waals surface area contributed by atoms with Crippen LogP contribution in [0.1, 0.15) is 16.7 Å². The van der Waals surface area contributed by atoms with Gasteiger partial charge < -0.3 is 19.3 Å². The van der Waals surface area contributed by atoms with Gasteiger partial charge >= 0.3 is 0 Å². The highest BCUT2D eigenvalue weighted by Gasteiger charge is 2.44. The molecular weight excluding hydrogens is 411 g/mol. The van der Waals surface area contributed by atoms with E-state index >= 15 is 0 Å². The van der Waals surface area contributed by atoms with Gasteiger partial charge in [-0.3, -0.25) is 0 Å². The molecule has 0 saturated carbocycles. The summed E-state index contributed by atoms with van der Waals surface area (Å²) in [4.78, 5) is 19.0. The molecule has 1 atom stereocenters. The summed E-state index contributed by atoms with van der Waals surface area (Å²) in [5.41, 5.74) is 1.81. The van der Waals surface area contributed by atoms with Crippen LogP contribution in [0, 0.1) is 17.2 Å². The van der Waals surface area contributed by atoms with Crippen molar-refractivity contribution in [2.24, 2.45) is 5.92 Å². The Hall–Kier alpha value is -2.94. The Morgan fingerprint density at radius 1 is 0.839 bits per heavy atom. The van der Waals surface area contributed by atoms with Gasteiger partial charge in [0.05, 0.1) is 31.6 Å². The third-order valence-corrected chi connectivity index (χ3v) is 5.90. The molecule has 1 unspecified atom stereocenters. The van der Waals surface area contributed by atoms with Gasteiger partial charge in [-0.15, -0.1) is 0 Å². The number of nitrogens with one attached hydrogen (secondary N) is 1. The number of nitriles is 1. The van der Waals surface area contributed by atoms with Gasteiger partial charge in [-0.2, -0.15) is 5.26 Å². The molecule has 6 nitrogen and oxygen atoms in total. The van der Waals surface area contributed by atoms with Gasteiger partial charge in [0.2, 0.25) is 8.53 Å². The third kappa shape index (κ3) is 4.71. The summed E-state index contributed by atoms with van der Waals surface area (Å²) in [5, 5.41) is 12.9. The summed E-state index contributed by atoms with van der Waals surface area (Å²) in [6.45, 7) is 0.0855. The molecule has 0 aliphatic carbocycles. The molecule has 0 aliphatic heterocycles. The van der Waals surface area contributed by atoms with Crippen LogP contribution in [0.5, 0.6) is 11.5 Å². The predicted octanol–water partition coefficient (Wildman–Crippen LogP) is 3.98. The summed E-state index contributed by atoms with van der Waals surface area (Å²) < 4.78 is 10.7. The molecule has 160 valence electrons. The maximum Gasteiger partial charge on any atom is 0.250 e. The van der Waals surface area contributed by atoms with E-state index in [1.807, 2.05) is 78.9 Å². The van der Waals surface area contributed by atoms with Gasteiger partial charge in [-0.1, -0.05) is 54.6 Å². The molecule has 0 amide bonds. The first-order chi connectivity index (χ1) is 15.1. The summed E-state index contributed by atoms with van der Waals surface area (Å²) in [7, 11) is 0.864. The van der Waals surface area contributed by atoms with E-state index in [1.54, 1.807) is 14.2 Å². The van der Waals surface area contributed by atoms with E-state index in [-0.39, 0.29) is 6.54 Å². The Labute approximate surface area is 183 Å². The van der Waals surface area contributed by atoms with E-state index in [9.17, 15) is 15.0 Å². The summed E-state index contributed by atoms with van der Waals surface area (Å²) in [5.74, 6) is 0.767. The van der Waals surface area contributed by atoms with Crippen molar-refractivity contribution in [3.8, 4) is 17.6 Å². The topological polar surface area (TPSA) is 94.7 Å². The lowest BCUT2D eigenvalue weighted by Gasteiger charge is -2.40. The van der Waals surface area contributed by atoms with E-state index < -0.39 is 19.9 Å². The monoisotopic (exact) mass is 436 g/mol. The van der Waals surface area contributed by atoms with Crippen molar-refractivity contribution in [1.29, 1.82) is 5.26 Å². The maximum atomic E-state index is 10.3. The lowest BCUT2D eigenvalue weighted by Crippen LogP contribution is -2.41. The number of hydrogen-bond acceptors (Lipinski definition) is 6. The highest BCUT2D eigenvalue weighted by Crippen LogP contribution is 2.46. The van der Waals surface area contributed by atoms with E-state index in [0.717, 1.165) is 16.7 Å². The second kappa shape index (κ2) is 10.4. The molecule has 7 heteroatoms. The largest absolute Gasteiger partial charge is 0.497 e. The van der Waals surface area contributed by atoms with Crippen molar-refractivity contribution in [3.63, 3.8) is 0 Å². The van der Waals surface area contributed by atoms with Crippen LogP contribution in [-0.4, -0.2) is 30.6 Å². The average molecular weight is 436 g/mol. The highest BCUT2D eigenvalue weighted by molar-refractivity contribution is 7.42. The lowest BCUT2D eigenvalue weighted by molar-refractivity contribution is 0.408. The van der Waals surface area contributed by atoms with Crippen molar-refractivity contribution >= 4 is 8.53 Å². The maximum absolute atomic E-state index is 10.3. The second-order valence-corrected chi connectivity index (χ2v) is 7.86. The number of nitrogens with zero attached hydrogens (tertiary/aromatic N) is 1. The van der Waals surface area contributed by atoms with Gasteiger partial charge in [0.25, 0.3) is 0 Å². The second-order valence-electron chi connectivity index (χ2n) is 6.96. The minimum absolute atomic E-state index is 0.0855. The molecule has 3 aromatic carbocycles. The molecule has 3 aromatic rings. The zero-order valence-corrected chi connectivity index (χ0v) is 18.3. The smallest absolute Gasteiger partial charge is 0.250 e. The zero-order chi connectivity index (χ0) is 22.3. The summed E-state index contributed by atoms with van der Waals surface area (Å²) >= 11 is 0. The fraction of sp³-hybridized carbons (Fsp3) is 0.208. The average Bonchev–Trinajstić information content (AvgIpc) is 2.82. The van der Waals surface area contributed by atoms with Crippen LogP contribution in [0.2, 0.25) is 0 Å². The Morgan fingerprint density at radius 2 is 1.29 bits per heavy atom. The Balaban J connectivity index is 2.31. The normalized spacial score (nSPS) is 12.3. The Bertz CT molecular complexity index is 955. The molecule has 0 fully saturated rings. The molecule has 0 aliphatic rings. The SMILES string of the molecule is COc1ccc(C(c2ccccc2)(c2ccc(OC)cc2)C(C#N)CNP(O)O)cc1. The van der Waals surface area contributed by atoms with Crippen molar-refractivity contribution < 1.29 is 19.3 Å². The molecule has 3 rings (SSSR count). The van der Waals surface area contributed by atoms with E-state index in [4.69, 9.17) is 9.47 Å². The highest BCUT2D eigenvalue weighted by atomic mass is 31.2. The summed E-state index contributed by atoms with van der Waals surface area (Å²) in [6.07, 6.45) is 0. The van der Waals surface area contributed by atoms with Gasteiger partial charge in [0.15, 0.2) is 0 Å². The van der Waals surface area contributed by atoms with E-state index in [2.05, 4.69) is 11.2 Å². The number of hydrogen-bond donors (Lipinski definition) is 3. The van der Waals surface area contributed by atoms with Crippen molar-refractivity contribution in [2.75, 3.05) is 20.8 Å². The van der Waals surface area contributed by atoms with Crippen LogP contribution < -0.4 is 14.6 Å². The van der Waals surface area contributed by atoms with E-state index in [1.165, 1.54) is 0 Å². The van der Waals surface area contributed by atoms with Crippen molar-refractivity contribution in [1.82, 2.24) is 5.09 Å². The molecular formula is C24H25N2O4P. The molecule has 0 spiro atoms. The third-order valence-electron chi connectivity index (χ3n) is 5.44. The predicted molar refractivity (Wildman–Crippen MR) is 121 cm³/mol. The quantitative estimate of drug-likeness (QED) is 0.347. The van der Waals surface area contributed by atoms with Gasteiger partial charge in [0, 0.05) is 6.54 Å². The molecule has 0 heterocycles. The molecule has 3 N–H and O–H groups in total. The van der Waals surface area contributed by atoms with E-state index in [0.29, 0.717) is 11.5 Å². The van der Waals surface area contributed by atoms with Crippen molar-refractivity contribution in [3.05, 3.63) is 95.6 Å². The minimum atomic E-state index is -2.35. The van der Waals surface area contributed by atoms with Crippen LogP contribution >= 0.6 is 8.53 Å². The van der Waals surface area contributed by atoms with Crippen LogP contribution in [0.15, 0.2) is 78.9 Å². The number of rotatable bonds is 9.